The second-order valence-electron chi connectivity index (χ2n) is 11.2. The van der Waals surface area contributed by atoms with Gasteiger partial charge in [-0.05, 0) is 60.9 Å². The van der Waals surface area contributed by atoms with Crippen LogP contribution in [-0.4, -0.2) is 41.4 Å². The fourth-order valence-corrected chi connectivity index (χ4v) is 5.86. The van der Waals surface area contributed by atoms with Crippen LogP contribution >= 0.6 is 0 Å². The van der Waals surface area contributed by atoms with Crippen molar-refractivity contribution < 1.29 is 18.8 Å². The van der Waals surface area contributed by atoms with Crippen molar-refractivity contribution in [2.75, 3.05) is 7.05 Å². The minimum absolute atomic E-state index is 0.0743. The van der Waals surface area contributed by atoms with Crippen LogP contribution in [-0.2, 0) is 16.0 Å². The van der Waals surface area contributed by atoms with Gasteiger partial charge in [0.2, 0.25) is 11.8 Å². The largest absolute Gasteiger partial charge is 0.357 e. The molecule has 0 unspecified atom stereocenters. The second kappa shape index (κ2) is 14.5. The van der Waals surface area contributed by atoms with E-state index in [0.29, 0.717) is 11.3 Å². The average Bonchev–Trinajstić information content (AvgIpc) is 3.42. The van der Waals surface area contributed by atoms with E-state index in [1.165, 1.54) is 13.1 Å². The van der Waals surface area contributed by atoms with E-state index in [1.54, 1.807) is 30.3 Å². The van der Waals surface area contributed by atoms with Crippen LogP contribution in [0.1, 0.15) is 44.4 Å². The van der Waals surface area contributed by atoms with E-state index in [2.05, 4.69) is 16.0 Å². The maximum atomic E-state index is 14.7. The lowest BCUT2D eigenvalue weighted by Crippen LogP contribution is -2.56. The van der Waals surface area contributed by atoms with Crippen LogP contribution in [0.2, 0.25) is 0 Å². The Morgan fingerprint density at radius 2 is 1.22 bits per heavy atom. The zero-order chi connectivity index (χ0) is 32.6. The number of rotatable bonds is 11. The van der Waals surface area contributed by atoms with Gasteiger partial charge in [-0.2, -0.15) is 0 Å². The average molecular weight is 617 g/mol. The van der Waals surface area contributed by atoms with Crippen molar-refractivity contribution >= 4 is 17.7 Å². The van der Waals surface area contributed by atoms with Crippen molar-refractivity contribution in [2.45, 2.75) is 38.3 Å². The summed E-state index contributed by atoms with van der Waals surface area (Å²) in [6.07, 6.45) is -0.0743. The Morgan fingerprint density at radius 1 is 0.674 bits per heavy atom. The van der Waals surface area contributed by atoms with Gasteiger partial charge < -0.3 is 20.5 Å². The van der Waals surface area contributed by atoms with Crippen LogP contribution in [0.5, 0.6) is 0 Å². The van der Waals surface area contributed by atoms with Crippen LogP contribution in [0.25, 0.3) is 5.69 Å². The van der Waals surface area contributed by atoms with Gasteiger partial charge in [0.05, 0.1) is 11.3 Å². The maximum absolute atomic E-state index is 14.7. The zero-order valence-electron chi connectivity index (χ0n) is 26.0. The Kier molecular flexibility index (Phi) is 10.1. The van der Waals surface area contributed by atoms with Crippen molar-refractivity contribution in [1.29, 1.82) is 0 Å². The van der Waals surface area contributed by atoms with Crippen molar-refractivity contribution in [2.24, 2.45) is 0 Å². The summed E-state index contributed by atoms with van der Waals surface area (Å²) < 4.78 is 16.6. The van der Waals surface area contributed by atoms with Crippen LogP contribution in [0.15, 0.2) is 121 Å². The standard InChI is InChI=1S/C38H37FN4O3/c1-25-22-23-26(2)43(25)33-21-13-11-19-30(33)36(44)42-35(34(27-14-6-4-7-15-27)28-16-8-5-9-17-28)38(46)41-32(37(45)40-3)24-29-18-10-12-20-31(29)39/h4-23,32,34-35H,24H2,1-3H3,(H,40,45)(H,41,46)(H,42,44)/t32-,35+/m0/s1. The van der Waals surface area contributed by atoms with E-state index in [-0.39, 0.29) is 12.0 Å². The molecule has 0 aliphatic heterocycles. The van der Waals surface area contributed by atoms with Crippen molar-refractivity contribution in [3.05, 3.63) is 161 Å². The molecule has 3 N–H and O–H groups in total. The topological polar surface area (TPSA) is 92.2 Å². The number of aryl methyl sites for hydroxylation is 2. The number of para-hydroxylation sites is 1. The van der Waals surface area contributed by atoms with E-state index in [9.17, 15) is 18.8 Å². The number of hydrogen-bond donors (Lipinski definition) is 3. The SMILES string of the molecule is CNC(=O)[C@H](Cc1ccccc1F)NC(=O)[C@H](NC(=O)c1ccccc1-n1c(C)ccc1C)C(c1ccccc1)c1ccccc1. The molecule has 46 heavy (non-hydrogen) atoms. The number of nitrogens with zero attached hydrogens (tertiary/aromatic N) is 1. The molecular weight excluding hydrogens is 579 g/mol. The van der Waals surface area contributed by atoms with E-state index in [0.717, 1.165) is 22.5 Å². The third-order valence-electron chi connectivity index (χ3n) is 8.14. The number of amides is 3. The first kappa shape index (κ1) is 31.9. The first-order valence-electron chi connectivity index (χ1n) is 15.2. The Bertz CT molecular complexity index is 1760. The number of likely N-dealkylation sites (N-methyl/N-ethyl adjacent to an activating group) is 1. The van der Waals surface area contributed by atoms with E-state index in [1.807, 2.05) is 103 Å². The predicted molar refractivity (Wildman–Crippen MR) is 177 cm³/mol. The minimum Gasteiger partial charge on any atom is -0.357 e. The Morgan fingerprint density at radius 3 is 1.80 bits per heavy atom. The molecule has 7 nitrogen and oxygen atoms in total. The molecule has 1 heterocycles. The summed E-state index contributed by atoms with van der Waals surface area (Å²) in [4.78, 5) is 41.7. The molecule has 0 fully saturated rings. The molecule has 0 radical (unpaired) electrons. The highest BCUT2D eigenvalue weighted by atomic mass is 19.1. The number of benzene rings is 4. The number of aromatic nitrogens is 1. The summed E-state index contributed by atoms with van der Waals surface area (Å²) in [7, 11) is 1.46. The number of carbonyl (C=O) groups excluding carboxylic acids is 3. The fraction of sp³-hybridized carbons (Fsp3) is 0.184. The van der Waals surface area contributed by atoms with Crippen LogP contribution in [0.3, 0.4) is 0 Å². The molecular formula is C38H37FN4O3. The quantitative estimate of drug-likeness (QED) is 0.180. The Hall–Kier alpha value is -5.50. The molecule has 0 bridgehead atoms. The van der Waals surface area contributed by atoms with Gasteiger partial charge in [0.15, 0.2) is 0 Å². The highest BCUT2D eigenvalue weighted by Gasteiger charge is 2.35. The van der Waals surface area contributed by atoms with Crippen LogP contribution < -0.4 is 16.0 Å². The van der Waals surface area contributed by atoms with Gasteiger partial charge in [0.1, 0.15) is 17.9 Å². The number of halogens is 1. The van der Waals surface area contributed by atoms with Gasteiger partial charge >= 0.3 is 0 Å². The molecule has 5 rings (SSSR count). The van der Waals surface area contributed by atoms with Gasteiger partial charge in [-0.15, -0.1) is 0 Å². The summed E-state index contributed by atoms with van der Waals surface area (Å²) in [6.45, 7) is 3.93. The molecule has 8 heteroatoms. The highest BCUT2D eigenvalue weighted by Crippen LogP contribution is 2.30. The highest BCUT2D eigenvalue weighted by molar-refractivity contribution is 6.01. The van der Waals surface area contributed by atoms with E-state index in [4.69, 9.17) is 0 Å². The molecule has 4 aromatic carbocycles. The Balaban J connectivity index is 1.58. The molecule has 0 aliphatic carbocycles. The van der Waals surface area contributed by atoms with Gasteiger partial charge in [0.25, 0.3) is 5.91 Å². The molecule has 3 amide bonds. The first-order valence-corrected chi connectivity index (χ1v) is 15.2. The molecule has 0 spiro atoms. The predicted octanol–water partition coefficient (Wildman–Crippen LogP) is 5.64. The van der Waals surface area contributed by atoms with Gasteiger partial charge in [-0.1, -0.05) is 91.0 Å². The molecule has 0 aliphatic rings. The van der Waals surface area contributed by atoms with Crippen LogP contribution in [0, 0.1) is 19.7 Å². The molecule has 234 valence electrons. The second-order valence-corrected chi connectivity index (χ2v) is 11.2. The monoisotopic (exact) mass is 616 g/mol. The fourth-order valence-electron chi connectivity index (χ4n) is 5.86. The molecule has 1 aromatic heterocycles. The number of hydrogen-bond acceptors (Lipinski definition) is 3. The van der Waals surface area contributed by atoms with Crippen molar-refractivity contribution in [1.82, 2.24) is 20.5 Å². The molecule has 5 aromatic rings. The first-order chi connectivity index (χ1) is 22.3. The third-order valence-corrected chi connectivity index (χ3v) is 8.14. The van der Waals surface area contributed by atoms with Crippen molar-refractivity contribution in [3.63, 3.8) is 0 Å². The molecule has 0 saturated heterocycles. The molecule has 0 saturated carbocycles. The lowest BCUT2D eigenvalue weighted by atomic mass is 9.84. The summed E-state index contributed by atoms with van der Waals surface area (Å²) in [5, 5.41) is 8.46. The van der Waals surface area contributed by atoms with E-state index >= 15 is 0 Å². The van der Waals surface area contributed by atoms with Gasteiger partial charge in [-0.3, -0.25) is 14.4 Å². The normalized spacial score (nSPS) is 12.3. The Labute approximate surface area is 268 Å². The minimum atomic E-state index is -1.15. The van der Waals surface area contributed by atoms with Crippen LogP contribution in [0.4, 0.5) is 4.39 Å². The van der Waals surface area contributed by atoms with Gasteiger partial charge in [-0.25, -0.2) is 4.39 Å². The molecule has 2 atom stereocenters. The number of carbonyl (C=O) groups is 3. The lowest BCUT2D eigenvalue weighted by molar-refractivity contribution is -0.129. The summed E-state index contributed by atoms with van der Waals surface area (Å²) in [5.41, 5.74) is 4.86. The maximum Gasteiger partial charge on any atom is 0.254 e. The van der Waals surface area contributed by atoms with Crippen molar-refractivity contribution in [3.8, 4) is 5.69 Å². The zero-order valence-corrected chi connectivity index (χ0v) is 26.0. The summed E-state index contributed by atoms with van der Waals surface area (Å²) >= 11 is 0. The summed E-state index contributed by atoms with van der Waals surface area (Å²) in [5.74, 6) is -2.62. The smallest absolute Gasteiger partial charge is 0.254 e. The van der Waals surface area contributed by atoms with Gasteiger partial charge in [0, 0.05) is 30.8 Å². The third kappa shape index (κ3) is 7.07. The summed E-state index contributed by atoms with van der Waals surface area (Å²) in [6, 6.07) is 34.0. The van der Waals surface area contributed by atoms with E-state index < -0.39 is 41.5 Å². The lowest BCUT2D eigenvalue weighted by Gasteiger charge is -2.30. The number of nitrogens with one attached hydrogen (secondary N) is 3.